The van der Waals surface area contributed by atoms with Gasteiger partial charge in [-0.1, -0.05) is 53.5 Å². The molecule has 3 aromatic heterocycles. The second-order valence-corrected chi connectivity index (χ2v) is 13.3. The number of anilines is 2. The van der Waals surface area contributed by atoms with Crippen molar-refractivity contribution in [3.63, 3.8) is 0 Å². The van der Waals surface area contributed by atoms with Gasteiger partial charge in [0.05, 0.1) is 52.9 Å². The molecule has 0 radical (unpaired) electrons. The van der Waals surface area contributed by atoms with E-state index in [1.165, 1.54) is 11.6 Å². The Labute approximate surface area is 292 Å². The summed E-state index contributed by atoms with van der Waals surface area (Å²) in [6.07, 6.45) is 1.94. The van der Waals surface area contributed by atoms with Crippen LogP contribution in [0.15, 0.2) is 58.1 Å². The zero-order valence-electron chi connectivity index (χ0n) is 27.5. The fraction of sp³-hybridized carbons (Fsp3) is 0.333. The summed E-state index contributed by atoms with van der Waals surface area (Å²) < 4.78 is 20.2. The van der Waals surface area contributed by atoms with Gasteiger partial charge in [0.1, 0.15) is 11.2 Å². The van der Waals surface area contributed by atoms with Crippen molar-refractivity contribution >= 4 is 45.6 Å². The van der Waals surface area contributed by atoms with E-state index < -0.39 is 11.2 Å². The minimum atomic E-state index is -0.460. The van der Waals surface area contributed by atoms with Gasteiger partial charge < -0.3 is 25.3 Å². The van der Waals surface area contributed by atoms with Crippen LogP contribution in [0.3, 0.4) is 0 Å². The van der Waals surface area contributed by atoms with Crippen LogP contribution in [0.1, 0.15) is 23.2 Å². The molecule has 49 heavy (non-hydrogen) atoms. The number of hydrogen-bond donors (Lipinski definition) is 2. The number of aryl methyl sites for hydroxylation is 2. The topological polar surface area (TPSA) is 136 Å². The third kappa shape index (κ3) is 6.00. The Hall–Kier alpha value is -4.26. The van der Waals surface area contributed by atoms with Crippen LogP contribution in [0.5, 0.6) is 5.88 Å². The van der Waals surface area contributed by atoms with Crippen LogP contribution < -0.4 is 27.0 Å². The lowest BCUT2D eigenvalue weighted by Gasteiger charge is -2.30. The van der Waals surface area contributed by atoms with Crippen molar-refractivity contribution in [3.8, 4) is 28.3 Å². The molecule has 7 rings (SSSR count). The Morgan fingerprint density at radius 2 is 1.71 bits per heavy atom. The first kappa shape index (κ1) is 33.2. The van der Waals surface area contributed by atoms with E-state index in [4.69, 9.17) is 48.1 Å². The molecular formula is C36H36Cl2N6O5. The Morgan fingerprint density at radius 3 is 2.47 bits per heavy atom. The van der Waals surface area contributed by atoms with Crippen LogP contribution >= 0.6 is 23.2 Å². The van der Waals surface area contributed by atoms with Crippen molar-refractivity contribution in [1.82, 2.24) is 19.1 Å². The minimum absolute atomic E-state index is 0.0508. The van der Waals surface area contributed by atoms with Crippen LogP contribution in [-0.4, -0.2) is 57.7 Å². The first-order chi connectivity index (χ1) is 23.5. The van der Waals surface area contributed by atoms with E-state index >= 15 is 0 Å². The summed E-state index contributed by atoms with van der Waals surface area (Å²) in [5.74, 6) is 0.829. The zero-order valence-corrected chi connectivity index (χ0v) is 29.1. The Balaban J connectivity index is 1.23. The van der Waals surface area contributed by atoms with Crippen molar-refractivity contribution in [1.29, 1.82) is 0 Å². The number of nitrogens with two attached hydrogens (primary N) is 1. The van der Waals surface area contributed by atoms with Gasteiger partial charge >= 0.3 is 5.69 Å². The van der Waals surface area contributed by atoms with E-state index in [-0.39, 0.29) is 23.6 Å². The number of pyridine rings is 2. The van der Waals surface area contributed by atoms with E-state index in [2.05, 4.69) is 10.3 Å². The lowest BCUT2D eigenvalue weighted by Crippen LogP contribution is -2.46. The van der Waals surface area contributed by atoms with Gasteiger partial charge in [-0.2, -0.15) is 0 Å². The monoisotopic (exact) mass is 702 g/mol. The average Bonchev–Trinajstić information content (AvgIpc) is 3.50. The number of fused-ring (bicyclic) bond motifs is 2. The maximum absolute atomic E-state index is 13.2. The number of benzene rings is 2. The molecule has 254 valence electrons. The normalized spacial score (nSPS) is 18.9. The van der Waals surface area contributed by atoms with Crippen LogP contribution in [-0.2, 0) is 36.4 Å². The summed E-state index contributed by atoms with van der Waals surface area (Å²) in [5.41, 5.74) is 11.9. The number of aromatic nitrogens is 4. The molecule has 2 aliphatic rings. The molecule has 1 saturated heterocycles. The Kier molecular flexibility index (Phi) is 8.97. The average molecular weight is 704 g/mol. The third-order valence-electron chi connectivity index (χ3n) is 9.37. The van der Waals surface area contributed by atoms with Gasteiger partial charge in [0, 0.05) is 61.1 Å². The quantitative estimate of drug-likeness (QED) is 0.231. The summed E-state index contributed by atoms with van der Waals surface area (Å²) in [5, 5.41) is 4.38. The van der Waals surface area contributed by atoms with Gasteiger partial charge in [0.15, 0.2) is 0 Å². The van der Waals surface area contributed by atoms with Gasteiger partial charge in [0.2, 0.25) is 5.88 Å². The fourth-order valence-electron chi connectivity index (χ4n) is 6.77. The van der Waals surface area contributed by atoms with Crippen molar-refractivity contribution in [2.24, 2.45) is 19.8 Å². The number of ether oxygens (including phenoxy) is 3. The predicted octanol–water partition coefficient (Wildman–Crippen LogP) is 5.33. The number of nitrogens with one attached hydrogen (secondary N) is 1. The Morgan fingerprint density at radius 1 is 0.980 bits per heavy atom. The highest BCUT2D eigenvalue weighted by atomic mass is 35.5. The van der Waals surface area contributed by atoms with E-state index in [9.17, 15) is 9.59 Å². The van der Waals surface area contributed by atoms with Crippen molar-refractivity contribution in [3.05, 3.63) is 96.2 Å². The summed E-state index contributed by atoms with van der Waals surface area (Å²) >= 11 is 14.2. The minimum Gasteiger partial charge on any atom is -0.481 e. The van der Waals surface area contributed by atoms with E-state index in [0.29, 0.717) is 81.5 Å². The number of halogens is 2. The molecule has 13 heteroatoms. The van der Waals surface area contributed by atoms with Gasteiger partial charge in [-0.25, -0.2) is 14.8 Å². The second-order valence-electron chi connectivity index (χ2n) is 12.6. The van der Waals surface area contributed by atoms with E-state index in [1.807, 2.05) is 36.4 Å². The highest BCUT2D eigenvalue weighted by Crippen LogP contribution is 2.43. The molecule has 2 aromatic carbocycles. The van der Waals surface area contributed by atoms with Crippen molar-refractivity contribution in [2.45, 2.75) is 44.4 Å². The molecule has 5 aromatic rings. The summed E-state index contributed by atoms with van der Waals surface area (Å²) in [6, 6.07) is 14.9. The Bertz CT molecular complexity index is 2240. The number of rotatable bonds is 7. The van der Waals surface area contributed by atoms with Gasteiger partial charge in [-0.05, 0) is 43.5 Å². The van der Waals surface area contributed by atoms with Crippen molar-refractivity contribution in [2.75, 3.05) is 25.6 Å². The van der Waals surface area contributed by atoms with Crippen LogP contribution in [0.4, 0.5) is 11.5 Å². The molecule has 0 bridgehead atoms. The van der Waals surface area contributed by atoms with E-state index in [0.717, 1.165) is 27.7 Å². The molecular weight excluding hydrogens is 667 g/mol. The van der Waals surface area contributed by atoms with Gasteiger partial charge in [-0.3, -0.25) is 13.9 Å². The summed E-state index contributed by atoms with van der Waals surface area (Å²) in [4.78, 5) is 35.3. The fourth-order valence-corrected chi connectivity index (χ4v) is 7.37. The van der Waals surface area contributed by atoms with Gasteiger partial charge in [-0.15, -0.1) is 0 Å². The SMILES string of the molecule is COc1nc(-c2cccc(-c3cccc(Nc4nc(C)cc5c4c(=O)n(C)c(=O)n5C)c3Cl)c2Cl)cc2c1CC(O[C@@H]1COCC[C@@H]1N)C2. The largest absolute Gasteiger partial charge is 0.481 e. The third-order valence-corrected chi connectivity index (χ3v) is 10.2. The number of hydrogen-bond acceptors (Lipinski definition) is 9. The van der Waals surface area contributed by atoms with Crippen LogP contribution in [0, 0.1) is 6.92 Å². The molecule has 0 spiro atoms. The molecule has 3 atom stereocenters. The zero-order chi connectivity index (χ0) is 34.6. The van der Waals surface area contributed by atoms with Crippen molar-refractivity contribution < 1.29 is 14.2 Å². The molecule has 1 fully saturated rings. The molecule has 1 unspecified atom stereocenters. The lowest BCUT2D eigenvalue weighted by atomic mass is 9.99. The van der Waals surface area contributed by atoms with Gasteiger partial charge in [0.25, 0.3) is 5.56 Å². The standard InChI is InChI=1S/C36H36Cl2N6O5/c1-18-13-28-30(35(45)44(3)36(46)43(28)2)33(40-18)41-26-10-6-8-22(32(26)38)21-7-5-9-23(31(21)37)27-15-19-14-20(16-24(19)34(42-27)47-4)49-29-17-48-12-11-25(29)39/h5-10,13,15,20,25,29H,11-12,14,16-17,39H2,1-4H3,(H,40,41)/t20?,25-,29+/m0/s1. The van der Waals surface area contributed by atoms with Crippen LogP contribution in [0.25, 0.3) is 33.3 Å². The lowest BCUT2D eigenvalue weighted by molar-refractivity contribution is -0.0901. The van der Waals surface area contributed by atoms with Crippen LogP contribution in [0.2, 0.25) is 10.0 Å². The first-order valence-corrected chi connectivity index (χ1v) is 16.8. The molecule has 11 nitrogen and oxygen atoms in total. The highest BCUT2D eigenvalue weighted by Gasteiger charge is 2.32. The molecule has 0 saturated carbocycles. The number of nitrogens with zero attached hydrogens (tertiary/aromatic N) is 4. The predicted molar refractivity (Wildman–Crippen MR) is 191 cm³/mol. The molecule has 4 heterocycles. The first-order valence-electron chi connectivity index (χ1n) is 16.0. The summed E-state index contributed by atoms with van der Waals surface area (Å²) in [6.45, 7) is 2.95. The highest BCUT2D eigenvalue weighted by molar-refractivity contribution is 6.39. The number of methoxy groups -OCH3 is 1. The maximum atomic E-state index is 13.2. The van der Waals surface area contributed by atoms with E-state index in [1.54, 1.807) is 33.2 Å². The maximum Gasteiger partial charge on any atom is 0.330 e. The molecule has 1 aliphatic carbocycles. The summed E-state index contributed by atoms with van der Waals surface area (Å²) in [7, 11) is 4.68. The molecule has 3 N–H and O–H groups in total. The smallest absolute Gasteiger partial charge is 0.330 e. The second kappa shape index (κ2) is 13.2. The molecule has 1 aliphatic heterocycles. The molecule has 0 amide bonds.